The standard InChI is InChI=1S/C22H18F2N2O3S3/c23-19-10-9-18(13-20(19)24)32(28,29)26-17-7-5-16(6-8-17)25-21(27)14-1-3-15(4-2-14)22-30-11-12-31-22/h1-10,13,22,26H,11-12H2,(H,25,27). The van der Waals surface area contributed by atoms with Crippen LogP contribution in [0, 0.1) is 11.6 Å². The van der Waals surface area contributed by atoms with Gasteiger partial charge in [0.2, 0.25) is 0 Å². The maximum Gasteiger partial charge on any atom is 0.261 e. The predicted octanol–water partition coefficient (Wildman–Crippen LogP) is 5.50. The molecule has 5 nitrogen and oxygen atoms in total. The molecule has 0 saturated carbocycles. The van der Waals surface area contributed by atoms with Gasteiger partial charge in [-0.1, -0.05) is 12.1 Å². The van der Waals surface area contributed by atoms with Crippen molar-refractivity contribution in [2.75, 3.05) is 21.5 Å². The summed E-state index contributed by atoms with van der Waals surface area (Å²) in [7, 11) is -4.09. The summed E-state index contributed by atoms with van der Waals surface area (Å²) >= 11 is 3.79. The Kier molecular flexibility index (Phi) is 6.73. The summed E-state index contributed by atoms with van der Waals surface area (Å²) in [5.41, 5.74) is 2.40. The zero-order chi connectivity index (χ0) is 22.7. The summed E-state index contributed by atoms with van der Waals surface area (Å²) in [6.45, 7) is 0. The monoisotopic (exact) mass is 492 g/mol. The maximum absolute atomic E-state index is 13.4. The summed E-state index contributed by atoms with van der Waals surface area (Å²) in [5.74, 6) is -0.400. The molecule has 10 heteroatoms. The fourth-order valence-corrected chi connectivity index (χ4v) is 6.95. The van der Waals surface area contributed by atoms with Gasteiger partial charge in [-0.15, -0.1) is 23.5 Å². The van der Waals surface area contributed by atoms with Gasteiger partial charge in [-0.05, 0) is 60.2 Å². The summed E-state index contributed by atoms with van der Waals surface area (Å²) in [4.78, 5) is 12.1. The molecule has 1 aliphatic rings. The van der Waals surface area contributed by atoms with Gasteiger partial charge in [0.25, 0.3) is 15.9 Å². The molecule has 1 heterocycles. The molecule has 1 amide bonds. The van der Waals surface area contributed by atoms with Crippen molar-refractivity contribution in [3.63, 3.8) is 0 Å². The lowest BCUT2D eigenvalue weighted by Gasteiger charge is -2.11. The highest BCUT2D eigenvalue weighted by Crippen LogP contribution is 2.45. The predicted molar refractivity (Wildman–Crippen MR) is 126 cm³/mol. The first-order valence-corrected chi connectivity index (χ1v) is 13.1. The summed E-state index contributed by atoms with van der Waals surface area (Å²) < 4.78 is 53.8. The van der Waals surface area contributed by atoms with E-state index in [0.717, 1.165) is 23.6 Å². The van der Waals surface area contributed by atoms with Crippen LogP contribution in [0.1, 0.15) is 20.5 Å². The molecule has 2 N–H and O–H groups in total. The quantitative estimate of drug-likeness (QED) is 0.476. The van der Waals surface area contributed by atoms with Gasteiger partial charge in [0.05, 0.1) is 9.48 Å². The van der Waals surface area contributed by atoms with E-state index in [1.54, 1.807) is 24.3 Å². The van der Waals surface area contributed by atoms with Gasteiger partial charge in [0.15, 0.2) is 11.6 Å². The van der Waals surface area contributed by atoms with Crippen LogP contribution in [0.15, 0.2) is 71.6 Å². The topological polar surface area (TPSA) is 75.3 Å². The number of hydrogen-bond donors (Lipinski definition) is 2. The van der Waals surface area contributed by atoms with Crippen LogP contribution in [0.5, 0.6) is 0 Å². The van der Waals surface area contributed by atoms with Crippen LogP contribution in [0.25, 0.3) is 0 Å². The third kappa shape index (κ3) is 5.25. The summed E-state index contributed by atoms with van der Waals surface area (Å²) in [5, 5.41) is 2.76. The zero-order valence-electron chi connectivity index (χ0n) is 16.5. The first kappa shape index (κ1) is 22.6. The van der Waals surface area contributed by atoms with Crippen LogP contribution in [-0.2, 0) is 10.0 Å². The van der Waals surface area contributed by atoms with Crippen LogP contribution in [0.3, 0.4) is 0 Å². The van der Waals surface area contributed by atoms with Crippen LogP contribution >= 0.6 is 23.5 Å². The molecule has 1 fully saturated rings. The van der Waals surface area contributed by atoms with Gasteiger partial charge in [-0.3, -0.25) is 9.52 Å². The van der Waals surface area contributed by atoms with Crippen LogP contribution in [0.4, 0.5) is 20.2 Å². The van der Waals surface area contributed by atoms with E-state index >= 15 is 0 Å². The first-order valence-electron chi connectivity index (χ1n) is 9.54. The minimum absolute atomic E-state index is 0.212. The van der Waals surface area contributed by atoms with E-state index in [4.69, 9.17) is 0 Å². The van der Waals surface area contributed by atoms with Crippen LogP contribution in [0.2, 0.25) is 0 Å². The minimum atomic E-state index is -4.09. The Bertz CT molecular complexity index is 1230. The van der Waals surface area contributed by atoms with E-state index < -0.39 is 26.6 Å². The lowest BCUT2D eigenvalue weighted by molar-refractivity contribution is 0.102. The molecule has 1 saturated heterocycles. The Morgan fingerprint density at radius 3 is 2.09 bits per heavy atom. The molecule has 3 aromatic rings. The molecular formula is C22H18F2N2O3S3. The van der Waals surface area contributed by atoms with Gasteiger partial charge in [-0.2, -0.15) is 0 Å². The average Bonchev–Trinajstić information content (AvgIpc) is 3.32. The molecule has 32 heavy (non-hydrogen) atoms. The summed E-state index contributed by atoms with van der Waals surface area (Å²) in [6.07, 6.45) is 0. The lowest BCUT2D eigenvalue weighted by atomic mass is 10.1. The second kappa shape index (κ2) is 9.51. The molecule has 0 spiro atoms. The Morgan fingerprint density at radius 1 is 0.844 bits per heavy atom. The number of sulfonamides is 1. The lowest BCUT2D eigenvalue weighted by Crippen LogP contribution is -2.14. The van der Waals surface area contributed by atoms with Crippen LogP contribution in [-0.4, -0.2) is 25.8 Å². The van der Waals surface area contributed by atoms with Crippen molar-refractivity contribution < 1.29 is 22.0 Å². The first-order chi connectivity index (χ1) is 15.3. The van der Waals surface area contributed by atoms with E-state index in [0.29, 0.717) is 21.9 Å². The smallest absolute Gasteiger partial charge is 0.261 e. The molecule has 0 radical (unpaired) electrons. The third-order valence-corrected chi connectivity index (χ3v) is 9.15. The van der Waals surface area contributed by atoms with Crippen molar-refractivity contribution in [2.24, 2.45) is 0 Å². The molecule has 0 atom stereocenters. The fraction of sp³-hybridized carbons (Fsp3) is 0.136. The Hall–Kier alpha value is -2.56. The van der Waals surface area contributed by atoms with E-state index in [-0.39, 0.29) is 11.6 Å². The Balaban J connectivity index is 1.40. The molecule has 0 aliphatic carbocycles. The van der Waals surface area contributed by atoms with Crippen molar-refractivity contribution >= 4 is 50.8 Å². The van der Waals surface area contributed by atoms with E-state index in [2.05, 4.69) is 10.0 Å². The van der Waals surface area contributed by atoms with Gasteiger partial charge >= 0.3 is 0 Å². The Morgan fingerprint density at radius 2 is 1.47 bits per heavy atom. The number of benzene rings is 3. The van der Waals surface area contributed by atoms with Crippen molar-refractivity contribution in [1.82, 2.24) is 0 Å². The minimum Gasteiger partial charge on any atom is -0.322 e. The molecule has 0 unspecified atom stereocenters. The van der Waals surface area contributed by atoms with E-state index in [9.17, 15) is 22.0 Å². The number of thioether (sulfide) groups is 2. The summed E-state index contributed by atoms with van der Waals surface area (Å²) in [6, 6.07) is 15.8. The number of carbonyl (C=O) groups is 1. The molecular weight excluding hydrogens is 474 g/mol. The SMILES string of the molecule is O=C(Nc1ccc(NS(=O)(=O)c2ccc(F)c(F)c2)cc1)c1ccc(C2SCCS2)cc1. The van der Waals surface area contributed by atoms with Crippen molar-refractivity contribution in [1.29, 1.82) is 0 Å². The molecule has 166 valence electrons. The Labute approximate surface area is 193 Å². The number of hydrogen-bond acceptors (Lipinski definition) is 5. The fourth-order valence-electron chi connectivity index (χ4n) is 3.03. The third-order valence-electron chi connectivity index (χ3n) is 4.66. The molecule has 3 aromatic carbocycles. The number of amides is 1. The highest BCUT2D eigenvalue weighted by Gasteiger charge is 2.19. The highest BCUT2D eigenvalue weighted by molar-refractivity contribution is 8.19. The van der Waals surface area contributed by atoms with Crippen molar-refractivity contribution in [2.45, 2.75) is 9.48 Å². The van der Waals surface area contributed by atoms with Crippen molar-refractivity contribution in [3.8, 4) is 0 Å². The average molecular weight is 493 g/mol. The number of carbonyl (C=O) groups excluding carboxylic acids is 1. The number of halogens is 2. The molecule has 0 aromatic heterocycles. The van der Waals surface area contributed by atoms with Gasteiger partial charge < -0.3 is 5.32 Å². The van der Waals surface area contributed by atoms with Crippen molar-refractivity contribution in [3.05, 3.63) is 89.5 Å². The number of anilines is 2. The second-order valence-corrected chi connectivity index (χ2v) is 11.3. The molecule has 1 aliphatic heterocycles. The molecule has 0 bridgehead atoms. The van der Waals surface area contributed by atoms with Crippen LogP contribution < -0.4 is 10.0 Å². The van der Waals surface area contributed by atoms with E-state index in [1.807, 2.05) is 35.7 Å². The zero-order valence-corrected chi connectivity index (χ0v) is 19.0. The van der Waals surface area contributed by atoms with Gasteiger partial charge in [0, 0.05) is 28.4 Å². The van der Waals surface area contributed by atoms with Gasteiger partial charge in [0.1, 0.15) is 0 Å². The highest BCUT2D eigenvalue weighted by atomic mass is 32.2. The molecule has 4 rings (SSSR count). The van der Waals surface area contributed by atoms with E-state index in [1.165, 1.54) is 17.7 Å². The second-order valence-electron chi connectivity index (χ2n) is 6.91. The largest absolute Gasteiger partial charge is 0.322 e. The van der Waals surface area contributed by atoms with Gasteiger partial charge in [-0.25, -0.2) is 17.2 Å². The normalized spacial score (nSPS) is 14.3. The number of rotatable bonds is 6. The number of nitrogens with one attached hydrogen (secondary N) is 2. The maximum atomic E-state index is 13.4.